The van der Waals surface area contributed by atoms with Crippen LogP contribution in [0.1, 0.15) is 16.8 Å². The van der Waals surface area contributed by atoms with Crippen LogP contribution in [0.5, 0.6) is 0 Å². The first-order valence-electron chi connectivity index (χ1n) is 6.11. The number of rotatable bonds is 5. The lowest BCUT2D eigenvalue weighted by atomic mass is 10.1. The molecule has 0 aliphatic carbocycles. The highest BCUT2D eigenvalue weighted by atomic mass is 16.4. The summed E-state index contributed by atoms with van der Waals surface area (Å²) in [7, 11) is 1.69. The molecule has 0 unspecified atom stereocenters. The molecule has 0 saturated heterocycles. The number of amides is 1. The fourth-order valence-electron chi connectivity index (χ4n) is 1.95. The average Bonchev–Trinajstić information content (AvgIpc) is 2.43. The molecule has 3 N–H and O–H groups in total. The number of aromatic nitrogens is 1. The molecule has 1 heterocycles. The maximum atomic E-state index is 11.5. The Hall–Kier alpha value is -2.63. The van der Waals surface area contributed by atoms with Crippen LogP contribution in [0.25, 0.3) is 10.9 Å². The Morgan fingerprint density at radius 1 is 1.35 bits per heavy atom. The molecule has 0 bridgehead atoms. The zero-order valence-electron chi connectivity index (χ0n) is 11.0. The van der Waals surface area contributed by atoms with Crippen LogP contribution < -0.4 is 10.6 Å². The summed E-state index contributed by atoms with van der Waals surface area (Å²) in [5, 5.41) is 9.54. The van der Waals surface area contributed by atoms with Crippen molar-refractivity contribution < 1.29 is 14.7 Å². The number of para-hydroxylation sites is 1. The molecular weight excluding hydrogens is 258 g/mol. The zero-order chi connectivity index (χ0) is 14.7. The van der Waals surface area contributed by atoms with Crippen LogP contribution in [0, 0.1) is 0 Å². The van der Waals surface area contributed by atoms with Crippen LogP contribution in [0.15, 0.2) is 30.3 Å². The van der Waals surface area contributed by atoms with Crippen molar-refractivity contribution in [3.05, 3.63) is 35.9 Å². The van der Waals surface area contributed by atoms with Crippen LogP contribution in [0.2, 0.25) is 0 Å². The van der Waals surface area contributed by atoms with Crippen molar-refractivity contribution in [1.29, 1.82) is 0 Å². The number of primary amides is 1. The lowest BCUT2D eigenvalue weighted by Crippen LogP contribution is -2.26. The summed E-state index contributed by atoms with van der Waals surface area (Å²) in [5.74, 6) is -1.09. The average molecular weight is 273 g/mol. The Morgan fingerprint density at radius 3 is 2.70 bits per heavy atom. The highest BCUT2D eigenvalue weighted by Crippen LogP contribution is 2.22. The van der Waals surface area contributed by atoms with Gasteiger partial charge in [0, 0.05) is 19.0 Å². The number of hydrogen-bond acceptors (Lipinski definition) is 4. The fourth-order valence-corrected chi connectivity index (χ4v) is 1.95. The normalized spacial score (nSPS) is 10.4. The van der Waals surface area contributed by atoms with Gasteiger partial charge in [-0.3, -0.25) is 9.59 Å². The standard InChI is InChI=1S/C14H15N3O3/c1-17(7-6-12(18)19)14-10(13(15)20)8-9-4-2-3-5-11(9)16-14/h2-5,8H,6-7H2,1H3,(H2,15,20)(H,18,19). The van der Waals surface area contributed by atoms with Crippen molar-refractivity contribution in [2.24, 2.45) is 5.73 Å². The Morgan fingerprint density at radius 2 is 2.05 bits per heavy atom. The van der Waals surface area contributed by atoms with Crippen molar-refractivity contribution in [3.8, 4) is 0 Å². The second-order valence-electron chi connectivity index (χ2n) is 4.48. The predicted octanol–water partition coefficient (Wildman–Crippen LogP) is 1.24. The minimum absolute atomic E-state index is 0.0385. The number of pyridine rings is 1. The maximum absolute atomic E-state index is 11.5. The Balaban J connectivity index is 2.46. The SMILES string of the molecule is CN(CCC(=O)O)c1nc2ccccc2cc1C(N)=O. The van der Waals surface area contributed by atoms with Crippen LogP contribution in [-0.4, -0.2) is 35.6 Å². The zero-order valence-corrected chi connectivity index (χ0v) is 11.0. The topological polar surface area (TPSA) is 96.5 Å². The molecule has 2 aromatic rings. The molecule has 0 aliphatic heterocycles. The first kappa shape index (κ1) is 13.8. The molecule has 0 aliphatic rings. The fraction of sp³-hybridized carbons (Fsp3) is 0.214. The van der Waals surface area contributed by atoms with E-state index in [1.54, 1.807) is 18.0 Å². The van der Waals surface area contributed by atoms with Gasteiger partial charge in [-0.05, 0) is 12.1 Å². The van der Waals surface area contributed by atoms with Gasteiger partial charge >= 0.3 is 5.97 Å². The lowest BCUT2D eigenvalue weighted by Gasteiger charge is -2.20. The van der Waals surface area contributed by atoms with E-state index in [-0.39, 0.29) is 18.5 Å². The molecule has 1 aromatic carbocycles. The van der Waals surface area contributed by atoms with Crippen molar-refractivity contribution in [1.82, 2.24) is 4.98 Å². The summed E-state index contributed by atoms with van der Waals surface area (Å²) in [6.07, 6.45) is -0.0385. The summed E-state index contributed by atoms with van der Waals surface area (Å²) >= 11 is 0. The maximum Gasteiger partial charge on any atom is 0.305 e. The number of carbonyl (C=O) groups excluding carboxylic acids is 1. The number of nitrogens with two attached hydrogens (primary N) is 1. The number of carboxylic acids is 1. The lowest BCUT2D eigenvalue weighted by molar-refractivity contribution is -0.136. The molecule has 0 radical (unpaired) electrons. The van der Waals surface area contributed by atoms with Gasteiger partial charge in [0.15, 0.2) is 0 Å². The quantitative estimate of drug-likeness (QED) is 0.854. The van der Waals surface area contributed by atoms with E-state index in [9.17, 15) is 9.59 Å². The smallest absolute Gasteiger partial charge is 0.305 e. The molecule has 6 heteroatoms. The van der Waals surface area contributed by atoms with Gasteiger partial charge < -0.3 is 15.7 Å². The summed E-state index contributed by atoms with van der Waals surface area (Å²) in [5.41, 5.74) is 6.40. The summed E-state index contributed by atoms with van der Waals surface area (Å²) in [4.78, 5) is 28.2. The molecule has 104 valence electrons. The van der Waals surface area contributed by atoms with Crippen LogP contribution in [0.3, 0.4) is 0 Å². The minimum atomic E-state index is -0.904. The second kappa shape index (κ2) is 5.56. The van der Waals surface area contributed by atoms with Crippen molar-refractivity contribution in [3.63, 3.8) is 0 Å². The number of fused-ring (bicyclic) bond motifs is 1. The number of aliphatic carboxylic acids is 1. The van der Waals surface area contributed by atoms with Gasteiger partial charge in [0.25, 0.3) is 5.91 Å². The van der Waals surface area contributed by atoms with E-state index in [2.05, 4.69) is 4.98 Å². The van der Waals surface area contributed by atoms with E-state index in [0.29, 0.717) is 5.82 Å². The minimum Gasteiger partial charge on any atom is -0.481 e. The van der Waals surface area contributed by atoms with Crippen molar-refractivity contribution in [2.75, 3.05) is 18.5 Å². The Labute approximate surface area is 115 Å². The third-order valence-corrected chi connectivity index (χ3v) is 2.99. The number of benzene rings is 1. The number of nitrogens with zero attached hydrogens (tertiary/aromatic N) is 2. The second-order valence-corrected chi connectivity index (χ2v) is 4.48. The van der Waals surface area contributed by atoms with Crippen molar-refractivity contribution in [2.45, 2.75) is 6.42 Å². The highest BCUT2D eigenvalue weighted by molar-refractivity contribution is 6.01. The van der Waals surface area contributed by atoms with Gasteiger partial charge in [-0.1, -0.05) is 18.2 Å². The highest BCUT2D eigenvalue weighted by Gasteiger charge is 2.15. The third-order valence-electron chi connectivity index (χ3n) is 2.99. The van der Waals surface area contributed by atoms with Gasteiger partial charge in [0.2, 0.25) is 0 Å². The largest absolute Gasteiger partial charge is 0.481 e. The molecule has 0 fully saturated rings. The molecular formula is C14H15N3O3. The molecule has 1 amide bonds. The third kappa shape index (κ3) is 2.85. The number of hydrogen-bond donors (Lipinski definition) is 2. The van der Waals surface area contributed by atoms with Crippen LogP contribution >= 0.6 is 0 Å². The monoisotopic (exact) mass is 273 g/mol. The van der Waals surface area contributed by atoms with E-state index in [1.807, 2.05) is 24.3 Å². The molecule has 0 saturated carbocycles. The Bertz CT molecular complexity index is 670. The summed E-state index contributed by atoms with van der Waals surface area (Å²) in [6, 6.07) is 9.05. The molecule has 6 nitrogen and oxygen atoms in total. The predicted molar refractivity (Wildman–Crippen MR) is 75.8 cm³/mol. The first-order valence-corrected chi connectivity index (χ1v) is 6.11. The molecule has 1 aromatic heterocycles. The van der Waals surface area contributed by atoms with Gasteiger partial charge in [0.05, 0.1) is 17.5 Å². The number of carbonyl (C=O) groups is 2. The van der Waals surface area contributed by atoms with E-state index in [1.165, 1.54) is 0 Å². The molecule has 0 atom stereocenters. The number of carboxylic acid groups (broad SMARTS) is 1. The van der Waals surface area contributed by atoms with Gasteiger partial charge in [-0.25, -0.2) is 4.98 Å². The molecule has 2 rings (SSSR count). The Kier molecular flexibility index (Phi) is 3.84. The van der Waals surface area contributed by atoms with E-state index in [4.69, 9.17) is 10.8 Å². The van der Waals surface area contributed by atoms with E-state index >= 15 is 0 Å². The van der Waals surface area contributed by atoms with Gasteiger partial charge in [0.1, 0.15) is 5.82 Å². The van der Waals surface area contributed by atoms with E-state index in [0.717, 1.165) is 10.9 Å². The number of anilines is 1. The molecule has 20 heavy (non-hydrogen) atoms. The van der Waals surface area contributed by atoms with Gasteiger partial charge in [-0.15, -0.1) is 0 Å². The first-order chi connectivity index (χ1) is 9.49. The van der Waals surface area contributed by atoms with Crippen LogP contribution in [-0.2, 0) is 4.79 Å². The van der Waals surface area contributed by atoms with E-state index < -0.39 is 11.9 Å². The molecule has 0 spiro atoms. The van der Waals surface area contributed by atoms with Gasteiger partial charge in [-0.2, -0.15) is 0 Å². The van der Waals surface area contributed by atoms with Crippen LogP contribution in [0.4, 0.5) is 5.82 Å². The summed E-state index contributed by atoms with van der Waals surface area (Å²) in [6.45, 7) is 0.251. The van der Waals surface area contributed by atoms with Crippen molar-refractivity contribution >= 4 is 28.6 Å². The summed E-state index contributed by atoms with van der Waals surface area (Å²) < 4.78 is 0.